The number of benzene rings is 1. The number of nitrogens with zero attached hydrogens (tertiary/aromatic N) is 2. The summed E-state index contributed by atoms with van der Waals surface area (Å²) in [5, 5.41) is 12.0. The summed E-state index contributed by atoms with van der Waals surface area (Å²) in [6.07, 6.45) is 1.51. The molecule has 0 amide bonds. The number of nitrogens with two attached hydrogens (primary N) is 1. The Kier molecular flexibility index (Phi) is 3.67. The van der Waals surface area contributed by atoms with Crippen LogP contribution in [0.25, 0.3) is 0 Å². The molecule has 0 fully saturated rings. The van der Waals surface area contributed by atoms with Crippen LogP contribution in [0.15, 0.2) is 36.5 Å². The normalized spacial score (nSPS) is 11.6. The summed E-state index contributed by atoms with van der Waals surface area (Å²) < 4.78 is 0. The molecule has 96 valence electrons. The maximum Gasteiger partial charge on any atom is 0.149 e. The Bertz CT molecular complexity index is 611. The Hall–Kier alpha value is -2.54. The first-order valence-corrected chi connectivity index (χ1v) is 6.09. The molecule has 1 aromatic carbocycles. The van der Waals surface area contributed by atoms with E-state index in [2.05, 4.69) is 41.5 Å². The first-order valence-electron chi connectivity index (χ1n) is 6.09. The molecule has 0 aliphatic carbocycles. The van der Waals surface area contributed by atoms with Gasteiger partial charge in [0.05, 0.1) is 17.3 Å². The highest BCUT2D eigenvalue weighted by atomic mass is 15.0. The average Bonchev–Trinajstić information content (AvgIpc) is 2.41. The van der Waals surface area contributed by atoms with Crippen molar-refractivity contribution >= 4 is 11.5 Å². The van der Waals surface area contributed by atoms with E-state index in [-0.39, 0.29) is 6.04 Å². The van der Waals surface area contributed by atoms with Crippen LogP contribution >= 0.6 is 0 Å². The largest absolute Gasteiger partial charge is 0.396 e. The predicted octanol–water partition coefficient (Wildman–Crippen LogP) is 3.02. The lowest BCUT2D eigenvalue weighted by Gasteiger charge is -2.16. The maximum absolute atomic E-state index is 8.77. The minimum Gasteiger partial charge on any atom is -0.396 e. The lowest BCUT2D eigenvalue weighted by atomic mass is 10.1. The molecule has 2 aromatic rings. The zero-order chi connectivity index (χ0) is 13.8. The fraction of sp³-hybridized carbons (Fsp3) is 0.200. The second-order valence-electron chi connectivity index (χ2n) is 4.55. The maximum atomic E-state index is 8.77. The quantitative estimate of drug-likeness (QED) is 0.880. The molecule has 1 unspecified atom stereocenters. The van der Waals surface area contributed by atoms with Crippen LogP contribution in [0.2, 0.25) is 0 Å². The van der Waals surface area contributed by atoms with E-state index >= 15 is 0 Å². The molecular weight excluding hydrogens is 236 g/mol. The van der Waals surface area contributed by atoms with Gasteiger partial charge in [-0.3, -0.25) is 0 Å². The standard InChI is InChI=1S/C15H16N4/c1-10-3-5-13(6-4-10)11(2)19-15-14(17)7-12(8-16)9-18-15/h3-7,9,11H,17H2,1-2H3,(H,18,19). The minimum absolute atomic E-state index is 0.100. The van der Waals surface area contributed by atoms with Crippen LogP contribution in [-0.2, 0) is 0 Å². The van der Waals surface area contributed by atoms with Gasteiger partial charge in [0.1, 0.15) is 11.9 Å². The van der Waals surface area contributed by atoms with E-state index in [9.17, 15) is 0 Å². The second-order valence-corrected chi connectivity index (χ2v) is 4.55. The molecule has 4 heteroatoms. The zero-order valence-electron chi connectivity index (χ0n) is 11.0. The third-order valence-corrected chi connectivity index (χ3v) is 2.98. The van der Waals surface area contributed by atoms with Gasteiger partial charge >= 0.3 is 0 Å². The van der Waals surface area contributed by atoms with Gasteiger partial charge in [0.2, 0.25) is 0 Å². The number of aromatic nitrogens is 1. The molecule has 2 rings (SSSR count). The van der Waals surface area contributed by atoms with Gasteiger partial charge in [-0.25, -0.2) is 4.98 Å². The number of hydrogen-bond donors (Lipinski definition) is 2. The summed E-state index contributed by atoms with van der Waals surface area (Å²) in [6, 6.07) is 12.0. The molecule has 0 spiro atoms. The Morgan fingerprint density at radius 2 is 2.00 bits per heavy atom. The predicted molar refractivity (Wildman–Crippen MR) is 76.6 cm³/mol. The van der Waals surface area contributed by atoms with Crippen molar-refractivity contribution in [2.75, 3.05) is 11.1 Å². The molecular formula is C15H16N4. The van der Waals surface area contributed by atoms with Gasteiger partial charge in [-0.2, -0.15) is 5.26 Å². The SMILES string of the molecule is Cc1ccc(C(C)Nc2ncc(C#N)cc2N)cc1. The van der Waals surface area contributed by atoms with Crippen LogP contribution in [0, 0.1) is 18.3 Å². The highest BCUT2D eigenvalue weighted by Crippen LogP contribution is 2.22. The molecule has 0 radical (unpaired) electrons. The number of nitrogens with one attached hydrogen (secondary N) is 1. The highest BCUT2D eigenvalue weighted by molar-refractivity contribution is 5.63. The number of rotatable bonds is 3. The summed E-state index contributed by atoms with van der Waals surface area (Å²) in [6.45, 7) is 4.10. The van der Waals surface area contributed by atoms with Gasteiger partial charge in [0, 0.05) is 6.20 Å². The first-order chi connectivity index (χ1) is 9.10. The molecule has 0 aliphatic rings. The van der Waals surface area contributed by atoms with Crippen LogP contribution < -0.4 is 11.1 Å². The number of pyridine rings is 1. The molecule has 0 bridgehead atoms. The summed E-state index contributed by atoms with van der Waals surface area (Å²) in [4.78, 5) is 4.17. The lowest BCUT2D eigenvalue weighted by Crippen LogP contribution is -2.10. The van der Waals surface area contributed by atoms with Crippen molar-refractivity contribution in [2.45, 2.75) is 19.9 Å². The Labute approximate surface area is 112 Å². The van der Waals surface area contributed by atoms with E-state index < -0.39 is 0 Å². The first kappa shape index (κ1) is 12.9. The molecule has 0 aliphatic heterocycles. The van der Waals surface area contributed by atoms with Crippen molar-refractivity contribution in [3.05, 3.63) is 53.2 Å². The topological polar surface area (TPSA) is 74.7 Å². The van der Waals surface area contributed by atoms with Gasteiger partial charge in [-0.15, -0.1) is 0 Å². The Balaban J connectivity index is 2.17. The molecule has 0 saturated heterocycles. The average molecular weight is 252 g/mol. The van der Waals surface area contributed by atoms with E-state index in [1.165, 1.54) is 11.8 Å². The van der Waals surface area contributed by atoms with E-state index in [1.807, 2.05) is 13.0 Å². The van der Waals surface area contributed by atoms with Crippen molar-refractivity contribution < 1.29 is 0 Å². The fourth-order valence-electron chi connectivity index (χ4n) is 1.81. The summed E-state index contributed by atoms with van der Waals surface area (Å²) >= 11 is 0. The van der Waals surface area contributed by atoms with Crippen molar-refractivity contribution in [2.24, 2.45) is 0 Å². The third-order valence-electron chi connectivity index (χ3n) is 2.98. The van der Waals surface area contributed by atoms with E-state index in [0.29, 0.717) is 17.1 Å². The smallest absolute Gasteiger partial charge is 0.149 e. The number of hydrogen-bond acceptors (Lipinski definition) is 4. The fourth-order valence-corrected chi connectivity index (χ4v) is 1.81. The van der Waals surface area contributed by atoms with Crippen LogP contribution in [0.1, 0.15) is 29.7 Å². The monoisotopic (exact) mass is 252 g/mol. The van der Waals surface area contributed by atoms with Crippen molar-refractivity contribution in [3.8, 4) is 6.07 Å². The second kappa shape index (κ2) is 5.40. The van der Waals surface area contributed by atoms with Gasteiger partial charge < -0.3 is 11.1 Å². The summed E-state index contributed by atoms with van der Waals surface area (Å²) in [5.41, 5.74) is 9.21. The Morgan fingerprint density at radius 3 is 2.58 bits per heavy atom. The van der Waals surface area contributed by atoms with Crippen LogP contribution in [-0.4, -0.2) is 4.98 Å². The summed E-state index contributed by atoms with van der Waals surface area (Å²) in [5.74, 6) is 0.604. The number of aryl methyl sites for hydroxylation is 1. The van der Waals surface area contributed by atoms with Gasteiger partial charge in [0.15, 0.2) is 0 Å². The number of nitriles is 1. The van der Waals surface area contributed by atoms with Crippen molar-refractivity contribution in [3.63, 3.8) is 0 Å². The number of anilines is 2. The van der Waals surface area contributed by atoms with Crippen LogP contribution in [0.4, 0.5) is 11.5 Å². The van der Waals surface area contributed by atoms with Crippen LogP contribution in [0.5, 0.6) is 0 Å². The minimum atomic E-state index is 0.100. The molecule has 0 saturated carbocycles. The molecule has 1 atom stereocenters. The zero-order valence-corrected chi connectivity index (χ0v) is 11.0. The lowest BCUT2D eigenvalue weighted by molar-refractivity contribution is 0.875. The molecule has 19 heavy (non-hydrogen) atoms. The number of nitrogen functional groups attached to an aromatic ring is 1. The van der Waals surface area contributed by atoms with Crippen LogP contribution in [0.3, 0.4) is 0 Å². The van der Waals surface area contributed by atoms with E-state index in [0.717, 1.165) is 5.56 Å². The third kappa shape index (κ3) is 3.02. The molecule has 4 nitrogen and oxygen atoms in total. The van der Waals surface area contributed by atoms with Crippen molar-refractivity contribution in [1.29, 1.82) is 5.26 Å². The van der Waals surface area contributed by atoms with E-state index in [4.69, 9.17) is 11.0 Å². The van der Waals surface area contributed by atoms with Crippen molar-refractivity contribution in [1.82, 2.24) is 4.98 Å². The summed E-state index contributed by atoms with van der Waals surface area (Å²) in [7, 11) is 0. The van der Waals surface area contributed by atoms with Gasteiger partial charge in [-0.1, -0.05) is 29.8 Å². The van der Waals surface area contributed by atoms with Gasteiger partial charge in [0.25, 0.3) is 0 Å². The molecule has 3 N–H and O–H groups in total. The van der Waals surface area contributed by atoms with E-state index in [1.54, 1.807) is 6.07 Å². The molecule has 1 aromatic heterocycles. The van der Waals surface area contributed by atoms with Gasteiger partial charge in [-0.05, 0) is 25.5 Å². The molecule has 1 heterocycles. The Morgan fingerprint density at radius 1 is 1.32 bits per heavy atom. The highest BCUT2D eigenvalue weighted by Gasteiger charge is 2.08.